The van der Waals surface area contributed by atoms with Crippen LogP contribution in [0.2, 0.25) is 0 Å². The summed E-state index contributed by atoms with van der Waals surface area (Å²) in [6.45, 7) is 0. The van der Waals surface area contributed by atoms with Crippen molar-refractivity contribution in [2.75, 3.05) is 14.2 Å². The van der Waals surface area contributed by atoms with Gasteiger partial charge in [0.25, 0.3) is 5.91 Å². The fourth-order valence-corrected chi connectivity index (χ4v) is 2.28. The molecule has 0 spiro atoms. The van der Waals surface area contributed by atoms with Gasteiger partial charge in [0.05, 0.1) is 19.8 Å². The van der Waals surface area contributed by atoms with Crippen LogP contribution in [0.15, 0.2) is 42.5 Å². The fourth-order valence-electron chi connectivity index (χ4n) is 2.28. The van der Waals surface area contributed by atoms with Crippen LogP contribution in [0.5, 0.6) is 5.75 Å². The van der Waals surface area contributed by atoms with Crippen LogP contribution in [-0.4, -0.2) is 32.1 Å². The van der Waals surface area contributed by atoms with Crippen molar-refractivity contribution in [2.24, 2.45) is 0 Å². The van der Waals surface area contributed by atoms with Crippen molar-refractivity contribution in [1.82, 2.24) is 5.32 Å². The monoisotopic (exact) mass is 349 g/mol. The normalized spacial score (nSPS) is 11.5. The molecule has 0 aliphatic heterocycles. The maximum absolute atomic E-state index is 13.7. The maximum atomic E-state index is 13.7. The molecule has 25 heavy (non-hydrogen) atoms. The molecule has 2 aromatic rings. The third kappa shape index (κ3) is 4.76. The Labute approximate surface area is 143 Å². The quantitative estimate of drug-likeness (QED) is 0.814. The molecule has 1 N–H and O–H groups in total. The molecule has 0 bridgehead atoms. The second kappa shape index (κ2) is 8.23. The van der Waals surface area contributed by atoms with Gasteiger partial charge in [0, 0.05) is 12.5 Å². The molecule has 0 saturated carbocycles. The van der Waals surface area contributed by atoms with E-state index < -0.39 is 29.6 Å². The molecule has 7 heteroatoms. The minimum absolute atomic E-state index is 0.123. The lowest BCUT2D eigenvalue weighted by Gasteiger charge is -2.17. The average Bonchev–Trinajstić information content (AvgIpc) is 2.60. The molecular formula is C18H17F2NO4. The van der Waals surface area contributed by atoms with Gasteiger partial charge in [-0.25, -0.2) is 13.6 Å². The molecule has 1 atom stereocenters. The van der Waals surface area contributed by atoms with E-state index in [2.05, 4.69) is 10.1 Å². The molecule has 1 amide bonds. The van der Waals surface area contributed by atoms with Crippen molar-refractivity contribution in [3.05, 3.63) is 65.2 Å². The Bertz CT molecular complexity index is 779. The van der Waals surface area contributed by atoms with Gasteiger partial charge < -0.3 is 14.8 Å². The van der Waals surface area contributed by atoms with Gasteiger partial charge in [0.15, 0.2) is 0 Å². The number of hydrogen-bond acceptors (Lipinski definition) is 4. The molecule has 5 nitrogen and oxygen atoms in total. The molecule has 0 fully saturated rings. The molecule has 132 valence electrons. The van der Waals surface area contributed by atoms with Gasteiger partial charge in [0.1, 0.15) is 23.4 Å². The lowest BCUT2D eigenvalue weighted by atomic mass is 10.0. The van der Waals surface area contributed by atoms with E-state index in [1.54, 1.807) is 24.3 Å². The van der Waals surface area contributed by atoms with Gasteiger partial charge in [-0.2, -0.15) is 0 Å². The van der Waals surface area contributed by atoms with E-state index in [0.29, 0.717) is 11.8 Å². The largest absolute Gasteiger partial charge is 0.497 e. The fraction of sp³-hybridized carbons (Fsp3) is 0.222. The highest BCUT2D eigenvalue weighted by Gasteiger charge is 2.24. The highest BCUT2D eigenvalue weighted by Crippen LogP contribution is 2.15. The molecule has 2 rings (SSSR count). The van der Waals surface area contributed by atoms with Crippen LogP contribution in [0.25, 0.3) is 0 Å². The summed E-state index contributed by atoms with van der Waals surface area (Å²) in [5.74, 6) is -2.73. The number of esters is 1. The van der Waals surface area contributed by atoms with E-state index in [9.17, 15) is 18.4 Å². The molecule has 0 unspecified atom stereocenters. The minimum Gasteiger partial charge on any atom is -0.497 e. The first kappa shape index (κ1) is 18.4. The zero-order valence-corrected chi connectivity index (χ0v) is 13.7. The van der Waals surface area contributed by atoms with E-state index in [1.165, 1.54) is 14.2 Å². The number of methoxy groups -OCH3 is 2. The van der Waals surface area contributed by atoms with Crippen LogP contribution in [0, 0.1) is 11.6 Å². The summed E-state index contributed by atoms with van der Waals surface area (Å²) in [6.07, 6.45) is 0.123. The molecule has 2 aromatic carbocycles. The summed E-state index contributed by atoms with van der Waals surface area (Å²) >= 11 is 0. The van der Waals surface area contributed by atoms with Crippen molar-refractivity contribution >= 4 is 11.9 Å². The number of hydrogen-bond donors (Lipinski definition) is 1. The van der Waals surface area contributed by atoms with Crippen molar-refractivity contribution in [1.29, 1.82) is 0 Å². The number of amides is 1. The highest BCUT2D eigenvalue weighted by atomic mass is 19.1. The summed E-state index contributed by atoms with van der Waals surface area (Å²) < 4.78 is 36.5. The first-order valence-corrected chi connectivity index (χ1v) is 7.41. The smallest absolute Gasteiger partial charge is 0.328 e. The number of rotatable bonds is 6. The van der Waals surface area contributed by atoms with Crippen LogP contribution >= 0.6 is 0 Å². The predicted molar refractivity (Wildman–Crippen MR) is 86.3 cm³/mol. The first-order valence-electron chi connectivity index (χ1n) is 7.41. The topological polar surface area (TPSA) is 64.6 Å². The van der Waals surface area contributed by atoms with Gasteiger partial charge in [-0.1, -0.05) is 12.1 Å². The van der Waals surface area contributed by atoms with E-state index >= 15 is 0 Å². The average molecular weight is 349 g/mol. The summed E-state index contributed by atoms with van der Waals surface area (Å²) in [6, 6.07) is 8.49. The molecule has 0 heterocycles. The van der Waals surface area contributed by atoms with Crippen LogP contribution < -0.4 is 10.1 Å². The molecule has 0 saturated heterocycles. The Morgan fingerprint density at radius 3 is 2.52 bits per heavy atom. The van der Waals surface area contributed by atoms with E-state index in [1.807, 2.05) is 0 Å². The Morgan fingerprint density at radius 1 is 1.12 bits per heavy atom. The van der Waals surface area contributed by atoms with E-state index in [0.717, 1.165) is 17.7 Å². The van der Waals surface area contributed by atoms with Gasteiger partial charge in [-0.3, -0.25) is 4.79 Å². The summed E-state index contributed by atoms with van der Waals surface area (Å²) in [7, 11) is 2.70. The number of halogens is 2. The maximum Gasteiger partial charge on any atom is 0.328 e. The third-order valence-corrected chi connectivity index (χ3v) is 3.54. The second-order valence-electron chi connectivity index (χ2n) is 5.23. The molecule has 0 radical (unpaired) electrons. The molecule has 0 aliphatic carbocycles. The molecular weight excluding hydrogens is 332 g/mol. The van der Waals surface area contributed by atoms with Crippen molar-refractivity contribution in [2.45, 2.75) is 12.5 Å². The van der Waals surface area contributed by atoms with Crippen molar-refractivity contribution in [3.8, 4) is 5.75 Å². The Morgan fingerprint density at radius 2 is 1.88 bits per heavy atom. The molecule has 0 aliphatic rings. The summed E-state index contributed by atoms with van der Waals surface area (Å²) in [5, 5.41) is 2.41. The SMILES string of the molecule is COC(=O)[C@@H](Cc1cccc(OC)c1)NC(=O)c1ccc(F)cc1F. The second-order valence-corrected chi connectivity index (χ2v) is 5.23. The van der Waals surface area contributed by atoms with Gasteiger partial charge in [0.2, 0.25) is 0 Å². The number of carbonyl (C=O) groups is 2. The minimum atomic E-state index is -1.03. The zero-order chi connectivity index (χ0) is 18.4. The van der Waals surface area contributed by atoms with Crippen LogP contribution in [0.4, 0.5) is 8.78 Å². The van der Waals surface area contributed by atoms with Crippen LogP contribution in [0.3, 0.4) is 0 Å². The van der Waals surface area contributed by atoms with Gasteiger partial charge >= 0.3 is 5.97 Å². The lowest BCUT2D eigenvalue weighted by molar-refractivity contribution is -0.142. The highest BCUT2D eigenvalue weighted by molar-refractivity contribution is 5.97. The van der Waals surface area contributed by atoms with E-state index in [4.69, 9.17) is 4.74 Å². The number of ether oxygens (including phenoxy) is 2. The van der Waals surface area contributed by atoms with Crippen molar-refractivity contribution < 1.29 is 27.8 Å². The van der Waals surface area contributed by atoms with Crippen LogP contribution in [-0.2, 0) is 16.0 Å². The van der Waals surface area contributed by atoms with E-state index in [-0.39, 0.29) is 12.0 Å². The third-order valence-electron chi connectivity index (χ3n) is 3.54. The predicted octanol–water partition coefficient (Wildman–Crippen LogP) is 2.49. The number of benzene rings is 2. The Balaban J connectivity index is 2.19. The van der Waals surface area contributed by atoms with Crippen molar-refractivity contribution in [3.63, 3.8) is 0 Å². The Kier molecular flexibility index (Phi) is 6.05. The number of nitrogens with one attached hydrogen (secondary N) is 1. The van der Waals surface area contributed by atoms with Crippen LogP contribution in [0.1, 0.15) is 15.9 Å². The summed E-state index contributed by atoms with van der Waals surface area (Å²) in [5.41, 5.74) is 0.357. The number of carbonyl (C=O) groups excluding carboxylic acids is 2. The van der Waals surface area contributed by atoms with Gasteiger partial charge in [-0.15, -0.1) is 0 Å². The standard InChI is InChI=1S/C18H17F2NO4/c1-24-13-5-3-4-11(8-13)9-16(18(23)25-2)21-17(22)14-7-6-12(19)10-15(14)20/h3-8,10,16H,9H2,1-2H3,(H,21,22)/t16-/m1/s1. The Hall–Kier alpha value is -2.96. The zero-order valence-electron chi connectivity index (χ0n) is 13.7. The lowest BCUT2D eigenvalue weighted by Crippen LogP contribution is -2.43. The summed E-state index contributed by atoms with van der Waals surface area (Å²) in [4.78, 5) is 24.2. The first-order chi connectivity index (χ1) is 11.9. The van der Waals surface area contributed by atoms with Gasteiger partial charge in [-0.05, 0) is 29.8 Å². The molecule has 0 aromatic heterocycles.